The molecule has 1 aliphatic rings. The van der Waals surface area contributed by atoms with E-state index < -0.39 is 0 Å². The minimum absolute atomic E-state index is 0.210. The van der Waals surface area contributed by atoms with E-state index in [1.165, 1.54) is 0 Å². The van der Waals surface area contributed by atoms with Crippen molar-refractivity contribution in [2.45, 2.75) is 32.7 Å². The molecule has 0 spiro atoms. The second kappa shape index (κ2) is 6.89. The molecule has 1 aliphatic heterocycles. The minimum Gasteiger partial charge on any atom is -0.496 e. The molecule has 1 unspecified atom stereocenters. The van der Waals surface area contributed by atoms with Gasteiger partial charge >= 0.3 is 0 Å². The zero-order valence-electron chi connectivity index (χ0n) is 12.6. The maximum atomic E-state index is 12.2. The average Bonchev–Trinajstić information content (AvgIpc) is 2.62. The highest BCUT2D eigenvalue weighted by atomic mass is 32.1. The molecule has 5 heteroatoms. The summed E-state index contributed by atoms with van der Waals surface area (Å²) < 4.78 is 5.39. The maximum Gasteiger partial charge on any atom is 0.222 e. The van der Waals surface area contributed by atoms with Crippen LogP contribution in [0.5, 0.6) is 5.75 Å². The number of hydrogen-bond acceptors (Lipinski definition) is 3. The zero-order chi connectivity index (χ0) is 15.4. The van der Waals surface area contributed by atoms with Gasteiger partial charge in [0.15, 0.2) is 0 Å². The fraction of sp³-hybridized carbons (Fsp3) is 0.500. The fourth-order valence-electron chi connectivity index (χ4n) is 2.60. The van der Waals surface area contributed by atoms with E-state index in [0.717, 1.165) is 36.3 Å². The van der Waals surface area contributed by atoms with E-state index >= 15 is 0 Å². The van der Waals surface area contributed by atoms with Gasteiger partial charge in [0.1, 0.15) is 10.7 Å². The van der Waals surface area contributed by atoms with Crippen LogP contribution in [0.4, 0.5) is 0 Å². The smallest absolute Gasteiger partial charge is 0.222 e. The van der Waals surface area contributed by atoms with Crippen molar-refractivity contribution in [3.05, 3.63) is 29.3 Å². The Hall–Kier alpha value is -1.62. The summed E-state index contributed by atoms with van der Waals surface area (Å²) in [6.07, 6.45) is 2.64. The summed E-state index contributed by atoms with van der Waals surface area (Å²) in [4.78, 5) is 14.5. The van der Waals surface area contributed by atoms with Crippen LogP contribution in [0.25, 0.3) is 0 Å². The van der Waals surface area contributed by atoms with Crippen molar-refractivity contribution in [3.8, 4) is 5.75 Å². The molecule has 0 aliphatic carbocycles. The average molecular weight is 306 g/mol. The van der Waals surface area contributed by atoms with Crippen molar-refractivity contribution in [1.82, 2.24) is 4.90 Å². The minimum atomic E-state index is 0.210. The number of carbonyl (C=O) groups excluding carboxylic acids is 1. The number of methoxy groups -OCH3 is 1. The fourth-order valence-corrected chi connectivity index (χ4v) is 2.73. The number of carbonyl (C=O) groups is 1. The zero-order valence-corrected chi connectivity index (χ0v) is 13.4. The highest BCUT2D eigenvalue weighted by Gasteiger charge is 2.21. The Morgan fingerprint density at radius 1 is 1.48 bits per heavy atom. The van der Waals surface area contributed by atoms with Crippen molar-refractivity contribution in [2.75, 3.05) is 13.7 Å². The number of rotatable bonds is 4. The summed E-state index contributed by atoms with van der Waals surface area (Å²) in [6.45, 7) is 3.54. The Morgan fingerprint density at radius 2 is 2.24 bits per heavy atom. The van der Waals surface area contributed by atoms with Crippen molar-refractivity contribution in [2.24, 2.45) is 11.7 Å². The SMILES string of the molecule is COc1ccc(C(N)=S)cc1CN1CCC(C)CCC1=O. The lowest BCUT2D eigenvalue weighted by Gasteiger charge is -2.22. The highest BCUT2D eigenvalue weighted by Crippen LogP contribution is 2.24. The van der Waals surface area contributed by atoms with Gasteiger partial charge in [-0.05, 0) is 37.0 Å². The standard InChI is InChI=1S/C16H22N2O2S/c1-11-3-6-15(19)18(8-7-11)10-13-9-12(16(17)21)4-5-14(13)20-2/h4-5,9,11H,3,6-8,10H2,1-2H3,(H2,17,21). The molecule has 1 heterocycles. The van der Waals surface area contributed by atoms with Gasteiger partial charge in [-0.1, -0.05) is 19.1 Å². The van der Waals surface area contributed by atoms with Gasteiger partial charge in [0.05, 0.1) is 7.11 Å². The molecule has 1 aromatic carbocycles. The lowest BCUT2D eigenvalue weighted by Crippen LogP contribution is -2.30. The molecule has 1 atom stereocenters. The van der Waals surface area contributed by atoms with Crippen molar-refractivity contribution >= 4 is 23.1 Å². The second-order valence-corrected chi connectivity index (χ2v) is 6.08. The van der Waals surface area contributed by atoms with E-state index in [-0.39, 0.29) is 5.91 Å². The van der Waals surface area contributed by atoms with Gasteiger partial charge in [0.25, 0.3) is 0 Å². The topological polar surface area (TPSA) is 55.6 Å². The molecule has 21 heavy (non-hydrogen) atoms. The first-order valence-electron chi connectivity index (χ1n) is 7.25. The molecule has 0 saturated carbocycles. The van der Waals surface area contributed by atoms with Gasteiger partial charge in [-0.15, -0.1) is 0 Å². The van der Waals surface area contributed by atoms with E-state index in [9.17, 15) is 4.79 Å². The number of amides is 1. The van der Waals surface area contributed by atoms with E-state index in [1.807, 2.05) is 23.1 Å². The molecular weight excluding hydrogens is 284 g/mol. The first-order valence-corrected chi connectivity index (χ1v) is 7.66. The van der Waals surface area contributed by atoms with Crippen LogP contribution in [0.3, 0.4) is 0 Å². The van der Waals surface area contributed by atoms with Crippen LogP contribution >= 0.6 is 12.2 Å². The van der Waals surface area contributed by atoms with Crippen LogP contribution in [0.1, 0.15) is 37.3 Å². The van der Waals surface area contributed by atoms with Gasteiger partial charge in [0, 0.05) is 30.6 Å². The summed E-state index contributed by atoms with van der Waals surface area (Å²) in [7, 11) is 1.63. The predicted octanol–water partition coefficient (Wildman–Crippen LogP) is 2.48. The van der Waals surface area contributed by atoms with E-state index in [2.05, 4.69) is 6.92 Å². The molecule has 2 N–H and O–H groups in total. The summed E-state index contributed by atoms with van der Waals surface area (Å²) in [5.41, 5.74) is 7.44. The number of nitrogens with zero attached hydrogens (tertiary/aromatic N) is 1. The predicted molar refractivity (Wildman–Crippen MR) is 87.3 cm³/mol. The van der Waals surface area contributed by atoms with Crippen LogP contribution < -0.4 is 10.5 Å². The third-order valence-electron chi connectivity index (χ3n) is 4.02. The lowest BCUT2D eigenvalue weighted by atomic mass is 10.0. The molecule has 1 aromatic rings. The summed E-state index contributed by atoms with van der Waals surface area (Å²) in [6, 6.07) is 5.62. The van der Waals surface area contributed by atoms with Crippen LogP contribution in [-0.4, -0.2) is 29.5 Å². The summed E-state index contributed by atoms with van der Waals surface area (Å²) in [5, 5.41) is 0. The van der Waals surface area contributed by atoms with Crippen molar-refractivity contribution in [1.29, 1.82) is 0 Å². The van der Waals surface area contributed by atoms with Crippen LogP contribution in [-0.2, 0) is 11.3 Å². The highest BCUT2D eigenvalue weighted by molar-refractivity contribution is 7.80. The number of thiocarbonyl (C=S) groups is 1. The molecule has 1 saturated heterocycles. The lowest BCUT2D eigenvalue weighted by molar-refractivity contribution is -0.131. The Kier molecular flexibility index (Phi) is 5.17. The van der Waals surface area contributed by atoms with Gasteiger partial charge in [-0.3, -0.25) is 4.79 Å². The number of nitrogens with two attached hydrogens (primary N) is 1. The molecule has 1 amide bonds. The largest absolute Gasteiger partial charge is 0.496 e. The summed E-state index contributed by atoms with van der Waals surface area (Å²) >= 11 is 5.02. The number of ether oxygens (including phenoxy) is 1. The molecule has 0 radical (unpaired) electrons. The normalized spacial score (nSPS) is 19.2. The Labute approximate surface area is 131 Å². The third kappa shape index (κ3) is 3.94. The first-order chi connectivity index (χ1) is 10.0. The van der Waals surface area contributed by atoms with E-state index in [1.54, 1.807) is 7.11 Å². The van der Waals surface area contributed by atoms with Gasteiger partial charge in [0.2, 0.25) is 5.91 Å². The first kappa shape index (κ1) is 15.8. The Morgan fingerprint density at radius 3 is 2.90 bits per heavy atom. The Balaban J connectivity index is 2.22. The molecule has 4 nitrogen and oxygen atoms in total. The van der Waals surface area contributed by atoms with Crippen molar-refractivity contribution in [3.63, 3.8) is 0 Å². The number of benzene rings is 1. The summed E-state index contributed by atoms with van der Waals surface area (Å²) in [5.74, 6) is 1.58. The third-order valence-corrected chi connectivity index (χ3v) is 4.26. The molecule has 0 aromatic heterocycles. The molecule has 114 valence electrons. The molecule has 2 rings (SSSR count). The Bertz CT molecular complexity index is 545. The maximum absolute atomic E-state index is 12.2. The number of hydrogen-bond donors (Lipinski definition) is 1. The van der Waals surface area contributed by atoms with Crippen LogP contribution in [0.2, 0.25) is 0 Å². The van der Waals surface area contributed by atoms with Crippen molar-refractivity contribution < 1.29 is 9.53 Å². The van der Waals surface area contributed by atoms with Gasteiger partial charge < -0.3 is 15.4 Å². The second-order valence-electron chi connectivity index (χ2n) is 5.64. The number of likely N-dealkylation sites (tertiary alicyclic amines) is 1. The monoisotopic (exact) mass is 306 g/mol. The van der Waals surface area contributed by atoms with Gasteiger partial charge in [-0.2, -0.15) is 0 Å². The van der Waals surface area contributed by atoms with Crippen LogP contribution in [0, 0.1) is 5.92 Å². The quantitative estimate of drug-likeness (QED) is 0.868. The molecule has 1 fully saturated rings. The molecule has 0 bridgehead atoms. The van der Waals surface area contributed by atoms with Crippen LogP contribution in [0.15, 0.2) is 18.2 Å². The molecular formula is C16H22N2O2S. The van der Waals surface area contributed by atoms with E-state index in [4.69, 9.17) is 22.7 Å². The van der Waals surface area contributed by atoms with E-state index in [0.29, 0.717) is 23.9 Å². The van der Waals surface area contributed by atoms with Gasteiger partial charge in [-0.25, -0.2) is 0 Å².